The largest absolute Gasteiger partial charge is 1.00 e. The first-order valence-corrected chi connectivity index (χ1v) is 12.7. The summed E-state index contributed by atoms with van der Waals surface area (Å²) in [5, 5.41) is 1.19. The van der Waals surface area contributed by atoms with Gasteiger partial charge in [-0.3, -0.25) is 0 Å². The van der Waals surface area contributed by atoms with Crippen molar-refractivity contribution in [2.45, 2.75) is 4.90 Å². The summed E-state index contributed by atoms with van der Waals surface area (Å²) in [7, 11) is 2.04. The molecule has 0 bridgehead atoms. The lowest BCUT2D eigenvalue weighted by atomic mass is 9.91. The van der Waals surface area contributed by atoms with Crippen molar-refractivity contribution in [2.24, 2.45) is 7.05 Å². The van der Waals surface area contributed by atoms with Crippen LogP contribution < -0.4 is 33.3 Å². The van der Waals surface area contributed by atoms with Crippen LogP contribution in [0, 0.1) is 0 Å². The Hall–Kier alpha value is -2.51. The lowest BCUT2D eigenvalue weighted by molar-refractivity contribution is -0.671. The highest BCUT2D eigenvalue weighted by atomic mass is 127. The normalized spacial score (nSPS) is 10.5. The fourth-order valence-corrected chi connectivity index (χ4v) is 5.15. The first kappa shape index (κ1) is 26.6. The van der Waals surface area contributed by atoms with Gasteiger partial charge in [0.2, 0.25) is 0 Å². The Morgan fingerprint density at radius 3 is 1.81 bits per heavy atom. The maximum absolute atomic E-state index is 6.46. The number of rotatable bonds is 6. The summed E-state index contributed by atoms with van der Waals surface area (Å²) in [6.45, 7) is 0. The van der Waals surface area contributed by atoms with Gasteiger partial charge in [0.25, 0.3) is 0 Å². The molecule has 2 nitrogen and oxygen atoms in total. The summed E-state index contributed by atoms with van der Waals surface area (Å²) in [4.78, 5) is 0.855. The Labute approximate surface area is 243 Å². The minimum Gasteiger partial charge on any atom is -1.00 e. The zero-order valence-corrected chi connectivity index (χ0v) is 23.9. The number of benzene rings is 4. The highest BCUT2D eigenvalue weighted by Crippen LogP contribution is 2.43. The van der Waals surface area contributed by atoms with Crippen LogP contribution in [-0.2, 0) is 7.05 Å². The van der Waals surface area contributed by atoms with Crippen molar-refractivity contribution in [1.29, 1.82) is 0 Å². The predicted molar refractivity (Wildman–Crippen MR) is 148 cm³/mol. The van der Waals surface area contributed by atoms with Gasteiger partial charge in [0.1, 0.15) is 7.05 Å². The Kier molecular flexibility index (Phi) is 8.96. The summed E-state index contributed by atoms with van der Waals surface area (Å²) in [5.74, 6) is 0. The van der Waals surface area contributed by atoms with Gasteiger partial charge < -0.3 is 24.0 Å². The van der Waals surface area contributed by atoms with Crippen LogP contribution in [0.1, 0.15) is 0 Å². The third kappa shape index (κ3) is 6.06. The average molecular weight is 640 g/mol. The van der Waals surface area contributed by atoms with Gasteiger partial charge in [-0.1, -0.05) is 83.9 Å². The quantitative estimate of drug-likeness (QED) is 0.131. The molecule has 5 aromatic rings. The van der Waals surface area contributed by atoms with E-state index in [9.17, 15) is 0 Å². The Balaban J connectivity index is 0.00000304. The van der Waals surface area contributed by atoms with E-state index in [0.717, 1.165) is 44.0 Å². The summed E-state index contributed by atoms with van der Waals surface area (Å²) in [6, 6.07) is 34.9. The van der Waals surface area contributed by atoms with Crippen LogP contribution in [0.25, 0.3) is 33.4 Å². The van der Waals surface area contributed by atoms with Crippen molar-refractivity contribution in [2.75, 3.05) is 0 Å². The minimum atomic E-state index is 0. The monoisotopic (exact) mass is 639 g/mol. The third-order valence-electron chi connectivity index (χ3n) is 5.68. The van der Waals surface area contributed by atoms with E-state index in [1.165, 1.54) is 11.9 Å². The SMILES string of the molecule is C[n+]1cccc(-c2cc(-c3ccccc3)c([N]Sc3ccc(Cl)cc3Cl)c(-c3ccccc3)c2)c1.[I-]. The molecule has 0 fully saturated rings. The second kappa shape index (κ2) is 12.2. The van der Waals surface area contributed by atoms with Gasteiger partial charge in [-0.05, 0) is 53.1 Å². The standard InChI is InChI=1S/C30H22Cl2N2S.HI/c1-34-16-8-13-23(20-34)24-17-26(21-9-4-2-5-10-21)30(27(18-24)22-11-6-3-7-12-22)33-35-29-15-14-25(31)19-28(29)32;/h2-20H,1H3;1H/q+1;/p-1. The van der Waals surface area contributed by atoms with Gasteiger partial charge in [-0.15, -0.1) is 0 Å². The molecule has 0 unspecified atom stereocenters. The predicted octanol–water partition coefficient (Wildman–Crippen LogP) is 5.77. The molecule has 36 heavy (non-hydrogen) atoms. The third-order valence-corrected chi connectivity index (χ3v) is 7.17. The van der Waals surface area contributed by atoms with E-state index in [-0.39, 0.29) is 24.0 Å². The molecule has 0 saturated heterocycles. The van der Waals surface area contributed by atoms with Crippen LogP contribution in [0.3, 0.4) is 0 Å². The molecule has 1 radical (unpaired) electrons. The zero-order valence-electron chi connectivity index (χ0n) is 19.4. The van der Waals surface area contributed by atoms with Crippen molar-refractivity contribution in [3.63, 3.8) is 0 Å². The van der Waals surface area contributed by atoms with Crippen LogP contribution in [0.2, 0.25) is 10.0 Å². The topological polar surface area (TPSA) is 18.0 Å². The molecule has 4 aromatic carbocycles. The zero-order chi connectivity index (χ0) is 24.2. The van der Waals surface area contributed by atoms with Crippen molar-refractivity contribution in [3.05, 3.63) is 126 Å². The minimum absolute atomic E-state index is 0. The van der Waals surface area contributed by atoms with Crippen LogP contribution in [-0.4, -0.2) is 0 Å². The summed E-state index contributed by atoms with van der Waals surface area (Å²) < 4.78 is 7.12. The van der Waals surface area contributed by atoms with Crippen molar-refractivity contribution in [1.82, 2.24) is 4.72 Å². The van der Waals surface area contributed by atoms with Gasteiger partial charge in [-0.25, -0.2) is 9.29 Å². The number of aromatic nitrogens is 1. The summed E-state index contributed by atoms with van der Waals surface area (Å²) in [5.41, 5.74) is 7.51. The Bertz CT molecular complexity index is 1420. The van der Waals surface area contributed by atoms with E-state index in [1.807, 2.05) is 37.5 Å². The summed E-state index contributed by atoms with van der Waals surface area (Å²) in [6.07, 6.45) is 4.17. The molecule has 0 spiro atoms. The second-order valence-corrected chi connectivity index (χ2v) is 9.82. The molecule has 0 amide bonds. The van der Waals surface area contributed by atoms with Crippen LogP contribution in [0.5, 0.6) is 0 Å². The molecular weight excluding hydrogens is 618 g/mol. The van der Waals surface area contributed by atoms with Crippen LogP contribution in [0.4, 0.5) is 5.69 Å². The smallest absolute Gasteiger partial charge is 0.176 e. The molecule has 0 aliphatic rings. The first-order valence-electron chi connectivity index (χ1n) is 11.2. The molecule has 0 N–H and O–H groups in total. The first-order chi connectivity index (χ1) is 17.1. The molecule has 1 heterocycles. The molecule has 0 saturated carbocycles. The van der Waals surface area contributed by atoms with E-state index >= 15 is 0 Å². The molecule has 6 heteroatoms. The van der Waals surface area contributed by atoms with Gasteiger partial charge in [0, 0.05) is 44.6 Å². The van der Waals surface area contributed by atoms with Gasteiger partial charge in [-0.2, -0.15) is 0 Å². The Morgan fingerprint density at radius 1 is 0.667 bits per heavy atom. The maximum atomic E-state index is 6.46. The van der Waals surface area contributed by atoms with Crippen molar-refractivity contribution in [3.8, 4) is 33.4 Å². The molecule has 1 aromatic heterocycles. The number of aryl methyl sites for hydroxylation is 1. The summed E-state index contributed by atoms with van der Waals surface area (Å²) >= 11 is 13.9. The van der Waals surface area contributed by atoms with Crippen molar-refractivity contribution < 1.29 is 28.5 Å². The average Bonchev–Trinajstić information content (AvgIpc) is 2.89. The van der Waals surface area contributed by atoms with E-state index in [0.29, 0.717) is 10.0 Å². The lowest BCUT2D eigenvalue weighted by Crippen LogP contribution is -3.00. The molecular formula is C30H22Cl2IN2S. The number of pyridine rings is 1. The molecule has 179 valence electrons. The van der Waals surface area contributed by atoms with E-state index in [2.05, 4.69) is 83.6 Å². The van der Waals surface area contributed by atoms with E-state index in [4.69, 9.17) is 27.9 Å². The van der Waals surface area contributed by atoms with E-state index in [1.54, 1.807) is 6.07 Å². The van der Waals surface area contributed by atoms with Gasteiger partial charge in [0.05, 0.1) is 10.7 Å². The molecule has 0 aliphatic carbocycles. The fourth-order valence-electron chi connectivity index (χ4n) is 3.98. The molecule has 0 aliphatic heterocycles. The second-order valence-electron chi connectivity index (χ2n) is 8.17. The van der Waals surface area contributed by atoms with E-state index < -0.39 is 0 Å². The fraction of sp³-hybridized carbons (Fsp3) is 0.0333. The number of hydrogen-bond acceptors (Lipinski definition) is 1. The maximum Gasteiger partial charge on any atom is 0.176 e. The number of hydrogen-bond donors (Lipinski definition) is 0. The van der Waals surface area contributed by atoms with Crippen LogP contribution in [0.15, 0.2) is 120 Å². The molecule has 5 rings (SSSR count). The number of halogens is 3. The van der Waals surface area contributed by atoms with Crippen LogP contribution >= 0.6 is 35.1 Å². The molecule has 0 atom stereocenters. The van der Waals surface area contributed by atoms with Gasteiger partial charge in [0.15, 0.2) is 12.4 Å². The number of nitrogens with zero attached hydrogens (tertiary/aromatic N) is 2. The van der Waals surface area contributed by atoms with Gasteiger partial charge >= 0.3 is 0 Å². The highest BCUT2D eigenvalue weighted by molar-refractivity contribution is 7.97. The highest BCUT2D eigenvalue weighted by Gasteiger charge is 2.18. The van der Waals surface area contributed by atoms with Crippen molar-refractivity contribution >= 4 is 40.8 Å². The lowest BCUT2D eigenvalue weighted by Gasteiger charge is -2.17. The Morgan fingerprint density at radius 2 is 1.25 bits per heavy atom.